The zero-order valence-corrected chi connectivity index (χ0v) is 15.4. The van der Waals surface area contributed by atoms with Gasteiger partial charge in [-0.2, -0.15) is 4.31 Å². The van der Waals surface area contributed by atoms with E-state index in [1.807, 2.05) is 12.1 Å². The van der Waals surface area contributed by atoms with E-state index in [4.69, 9.17) is 14.0 Å². The molecule has 142 valence electrons. The molecule has 0 amide bonds. The Morgan fingerprint density at radius 1 is 1.22 bits per heavy atom. The van der Waals surface area contributed by atoms with Crippen molar-refractivity contribution in [2.24, 2.45) is 0 Å². The molecule has 1 aliphatic heterocycles. The average Bonchev–Trinajstić information content (AvgIpc) is 3.30. The van der Waals surface area contributed by atoms with Gasteiger partial charge in [-0.05, 0) is 18.6 Å². The Morgan fingerprint density at radius 2 is 2.00 bits per heavy atom. The largest absolute Gasteiger partial charge is 0.477 e. The highest BCUT2D eigenvalue weighted by Crippen LogP contribution is 2.26. The first-order chi connectivity index (χ1) is 13.1. The van der Waals surface area contributed by atoms with Crippen molar-refractivity contribution < 1.29 is 22.4 Å². The van der Waals surface area contributed by atoms with E-state index in [0.29, 0.717) is 29.6 Å². The van der Waals surface area contributed by atoms with Crippen molar-refractivity contribution in [3.8, 4) is 11.8 Å². The van der Waals surface area contributed by atoms with Gasteiger partial charge >= 0.3 is 0 Å². The van der Waals surface area contributed by atoms with Gasteiger partial charge in [-0.25, -0.2) is 18.4 Å². The lowest BCUT2D eigenvalue weighted by molar-refractivity contribution is 0.194. The molecule has 0 N–H and O–H groups in total. The molecule has 0 radical (unpaired) electrons. The second kappa shape index (κ2) is 7.12. The Hall–Kier alpha value is -2.72. The molecule has 2 aromatic heterocycles. The van der Waals surface area contributed by atoms with E-state index in [2.05, 4.69) is 15.1 Å². The van der Waals surface area contributed by atoms with Gasteiger partial charge in [0.2, 0.25) is 10.0 Å². The molecule has 1 saturated heterocycles. The van der Waals surface area contributed by atoms with Crippen LogP contribution in [0.4, 0.5) is 0 Å². The summed E-state index contributed by atoms with van der Waals surface area (Å²) in [6, 6.07) is 7.19. The zero-order valence-electron chi connectivity index (χ0n) is 14.6. The third kappa shape index (κ3) is 3.58. The third-order valence-corrected chi connectivity index (χ3v) is 6.13. The molecule has 1 unspecified atom stereocenters. The predicted molar refractivity (Wildman–Crippen MR) is 95.8 cm³/mol. The van der Waals surface area contributed by atoms with Crippen LogP contribution in [0.2, 0.25) is 0 Å². The fourth-order valence-corrected chi connectivity index (χ4v) is 4.56. The number of benzene rings is 1. The second-order valence-corrected chi connectivity index (χ2v) is 8.11. The highest BCUT2D eigenvalue weighted by molar-refractivity contribution is 7.88. The number of fused-ring (bicyclic) bond motifs is 1. The van der Waals surface area contributed by atoms with Gasteiger partial charge in [0.15, 0.2) is 5.58 Å². The molecule has 0 saturated carbocycles. The van der Waals surface area contributed by atoms with Crippen LogP contribution < -0.4 is 9.47 Å². The number of methoxy groups -OCH3 is 1. The number of hydrogen-bond acceptors (Lipinski definition) is 8. The number of aromatic nitrogens is 3. The van der Waals surface area contributed by atoms with Crippen molar-refractivity contribution in [3.05, 3.63) is 42.4 Å². The van der Waals surface area contributed by atoms with Gasteiger partial charge in [0.25, 0.3) is 11.8 Å². The summed E-state index contributed by atoms with van der Waals surface area (Å²) in [7, 11) is -2.08. The predicted octanol–water partition coefficient (Wildman–Crippen LogP) is 1.61. The van der Waals surface area contributed by atoms with Crippen molar-refractivity contribution >= 4 is 21.0 Å². The first-order valence-corrected chi connectivity index (χ1v) is 10.0. The molecule has 3 heterocycles. The van der Waals surface area contributed by atoms with Crippen LogP contribution in [0, 0.1) is 0 Å². The minimum Gasteiger partial charge on any atom is -0.477 e. The number of sulfonamides is 1. The van der Waals surface area contributed by atoms with Gasteiger partial charge in [-0.3, -0.25) is 0 Å². The maximum atomic E-state index is 12.8. The summed E-state index contributed by atoms with van der Waals surface area (Å²) >= 11 is 0. The number of rotatable bonds is 6. The molecule has 0 aliphatic carbocycles. The van der Waals surface area contributed by atoms with Crippen molar-refractivity contribution in [1.82, 2.24) is 19.4 Å². The Morgan fingerprint density at radius 3 is 2.81 bits per heavy atom. The molecule has 3 aromatic rings. The van der Waals surface area contributed by atoms with E-state index in [-0.39, 0.29) is 30.2 Å². The first-order valence-electron chi connectivity index (χ1n) is 8.39. The normalized spacial score (nSPS) is 18.0. The quantitative estimate of drug-likeness (QED) is 0.625. The molecule has 4 rings (SSSR count). The molecule has 1 aliphatic rings. The maximum absolute atomic E-state index is 12.8. The van der Waals surface area contributed by atoms with Crippen LogP contribution in [-0.4, -0.2) is 54.2 Å². The fraction of sp³-hybridized carbons (Fsp3) is 0.353. The van der Waals surface area contributed by atoms with Crippen LogP contribution in [0.5, 0.6) is 11.8 Å². The Balaban J connectivity index is 1.46. The van der Waals surface area contributed by atoms with Crippen molar-refractivity contribution in [3.63, 3.8) is 0 Å². The highest BCUT2D eigenvalue weighted by Gasteiger charge is 2.34. The van der Waals surface area contributed by atoms with Crippen LogP contribution >= 0.6 is 0 Å². The van der Waals surface area contributed by atoms with E-state index in [1.54, 1.807) is 12.1 Å². The number of hydrogen-bond donors (Lipinski definition) is 0. The Kier molecular flexibility index (Phi) is 4.66. The van der Waals surface area contributed by atoms with Gasteiger partial charge in [-0.1, -0.05) is 17.3 Å². The summed E-state index contributed by atoms with van der Waals surface area (Å²) in [4.78, 5) is 8.12. The van der Waals surface area contributed by atoms with Gasteiger partial charge < -0.3 is 14.0 Å². The lowest BCUT2D eigenvalue weighted by Crippen LogP contribution is -2.32. The van der Waals surface area contributed by atoms with Gasteiger partial charge in [-0.15, -0.1) is 0 Å². The lowest BCUT2D eigenvalue weighted by Gasteiger charge is -2.16. The second-order valence-electron chi connectivity index (χ2n) is 6.14. The van der Waals surface area contributed by atoms with Crippen LogP contribution in [0.15, 0.2) is 41.2 Å². The minimum absolute atomic E-state index is 0.217. The van der Waals surface area contributed by atoms with Crippen molar-refractivity contribution in [2.45, 2.75) is 18.3 Å². The first kappa shape index (κ1) is 17.7. The standard InChI is InChI=1S/C17H18N4O5S/c1-24-16-17(19-8-7-18-16)25-12-6-9-21(10-12)27(22,23)11-14-13-4-2-3-5-15(13)26-20-14/h2-5,7-8,12H,6,9-11H2,1H3. The molecule has 1 aromatic carbocycles. The van der Waals surface area contributed by atoms with Crippen LogP contribution in [-0.2, 0) is 15.8 Å². The molecule has 1 fully saturated rings. The van der Waals surface area contributed by atoms with Crippen LogP contribution in [0.1, 0.15) is 12.1 Å². The zero-order chi connectivity index (χ0) is 18.9. The fourth-order valence-electron chi connectivity index (χ4n) is 3.04. The molecule has 9 nitrogen and oxygen atoms in total. The van der Waals surface area contributed by atoms with E-state index < -0.39 is 10.0 Å². The van der Waals surface area contributed by atoms with Crippen LogP contribution in [0.25, 0.3) is 11.0 Å². The van der Waals surface area contributed by atoms with E-state index in [1.165, 1.54) is 23.8 Å². The van der Waals surface area contributed by atoms with Gasteiger partial charge in [0.1, 0.15) is 17.6 Å². The number of para-hydroxylation sites is 1. The van der Waals surface area contributed by atoms with E-state index in [9.17, 15) is 8.42 Å². The topological polar surface area (TPSA) is 108 Å². The SMILES string of the molecule is COc1nccnc1OC1CCN(S(=O)(=O)Cc2noc3ccccc23)C1. The van der Waals surface area contributed by atoms with Crippen molar-refractivity contribution in [1.29, 1.82) is 0 Å². The summed E-state index contributed by atoms with van der Waals surface area (Å²) in [6.45, 7) is 0.600. The molecule has 27 heavy (non-hydrogen) atoms. The highest BCUT2D eigenvalue weighted by atomic mass is 32.2. The molecule has 1 atom stereocenters. The van der Waals surface area contributed by atoms with E-state index in [0.717, 1.165) is 0 Å². The Bertz CT molecular complexity index is 1050. The van der Waals surface area contributed by atoms with Gasteiger partial charge in [0.05, 0.1) is 13.7 Å². The smallest absolute Gasteiger partial charge is 0.278 e. The molecule has 0 spiro atoms. The molecular formula is C17H18N4O5S. The summed E-state index contributed by atoms with van der Waals surface area (Å²) < 4.78 is 43.1. The molecule has 0 bridgehead atoms. The van der Waals surface area contributed by atoms with Crippen LogP contribution in [0.3, 0.4) is 0 Å². The average molecular weight is 390 g/mol. The van der Waals surface area contributed by atoms with E-state index >= 15 is 0 Å². The molecule has 10 heteroatoms. The number of nitrogens with zero attached hydrogens (tertiary/aromatic N) is 4. The summed E-state index contributed by atoms with van der Waals surface area (Å²) in [5.74, 6) is 0.310. The number of ether oxygens (including phenoxy) is 2. The third-order valence-electron chi connectivity index (χ3n) is 4.38. The summed E-state index contributed by atoms with van der Waals surface area (Å²) in [5.41, 5.74) is 0.977. The maximum Gasteiger partial charge on any atom is 0.278 e. The lowest BCUT2D eigenvalue weighted by atomic mass is 10.2. The summed E-state index contributed by atoms with van der Waals surface area (Å²) in [5, 5.41) is 4.62. The Labute approximate surface area is 156 Å². The molecular weight excluding hydrogens is 372 g/mol. The summed E-state index contributed by atoms with van der Waals surface area (Å²) in [6.07, 6.45) is 3.23. The van der Waals surface area contributed by atoms with Gasteiger partial charge in [0, 0.05) is 24.3 Å². The monoisotopic (exact) mass is 390 g/mol. The minimum atomic E-state index is -3.55. The van der Waals surface area contributed by atoms with Crippen molar-refractivity contribution in [2.75, 3.05) is 20.2 Å².